The Balaban J connectivity index is 2.39. The second-order valence-electron chi connectivity index (χ2n) is 6.60. The SMILES string of the molecule is CC(C)OCC1(C(F)(F)F)c2cc(F)ccc2Nc2c1ccn(C)c2=O. The van der Waals surface area contributed by atoms with Gasteiger partial charge in [-0.2, -0.15) is 13.2 Å². The molecule has 8 heteroatoms. The van der Waals surface area contributed by atoms with Crippen LogP contribution in [0.15, 0.2) is 35.3 Å². The standard InChI is InChI=1S/C18H18F4N2O2/c1-10(2)26-9-17(18(20,21)22)12-6-7-24(3)16(25)15(12)23-14-5-4-11(19)8-13(14)17/h4-8,10,23H,9H2,1-3H3. The van der Waals surface area contributed by atoms with Crippen LogP contribution in [-0.4, -0.2) is 23.5 Å². The van der Waals surface area contributed by atoms with Crippen molar-refractivity contribution in [1.29, 1.82) is 0 Å². The molecule has 0 spiro atoms. The number of nitrogens with one attached hydrogen (secondary N) is 1. The summed E-state index contributed by atoms with van der Waals surface area (Å²) in [5.41, 5.74) is -3.97. The number of alkyl halides is 3. The van der Waals surface area contributed by atoms with Crippen LogP contribution in [0, 0.1) is 5.82 Å². The van der Waals surface area contributed by atoms with Crippen LogP contribution >= 0.6 is 0 Å². The van der Waals surface area contributed by atoms with Crippen molar-refractivity contribution in [2.45, 2.75) is 31.5 Å². The van der Waals surface area contributed by atoms with Gasteiger partial charge in [-0.15, -0.1) is 0 Å². The number of ether oxygens (including phenoxy) is 1. The smallest absolute Gasteiger partial charge is 0.377 e. The van der Waals surface area contributed by atoms with Crippen molar-refractivity contribution in [3.8, 4) is 0 Å². The molecule has 0 bridgehead atoms. The molecule has 1 aliphatic heterocycles. The zero-order valence-corrected chi connectivity index (χ0v) is 14.4. The number of benzene rings is 1. The van der Waals surface area contributed by atoms with Crippen LogP contribution < -0.4 is 10.9 Å². The van der Waals surface area contributed by atoms with Crippen molar-refractivity contribution in [2.24, 2.45) is 7.05 Å². The molecule has 0 fully saturated rings. The summed E-state index contributed by atoms with van der Waals surface area (Å²) in [7, 11) is 1.45. The van der Waals surface area contributed by atoms with E-state index < -0.39 is 35.7 Å². The second-order valence-corrected chi connectivity index (χ2v) is 6.60. The Labute approximate surface area is 147 Å². The van der Waals surface area contributed by atoms with Gasteiger partial charge in [0.05, 0.1) is 12.7 Å². The quantitative estimate of drug-likeness (QED) is 0.835. The predicted octanol–water partition coefficient (Wildman–Crippen LogP) is 3.85. The number of rotatable bonds is 3. The largest absolute Gasteiger partial charge is 0.404 e. The van der Waals surface area contributed by atoms with E-state index in [1.54, 1.807) is 13.8 Å². The van der Waals surface area contributed by atoms with Crippen LogP contribution in [0.4, 0.5) is 28.9 Å². The maximum atomic E-state index is 14.4. The number of pyridine rings is 1. The highest BCUT2D eigenvalue weighted by Gasteiger charge is 2.61. The number of nitrogens with zero attached hydrogens (tertiary/aromatic N) is 1. The first kappa shape index (κ1) is 18.4. The second kappa shape index (κ2) is 6.12. The van der Waals surface area contributed by atoms with E-state index in [9.17, 15) is 22.4 Å². The Morgan fingerprint density at radius 2 is 1.92 bits per heavy atom. The summed E-state index contributed by atoms with van der Waals surface area (Å²) in [6.45, 7) is 2.47. The van der Waals surface area contributed by atoms with Gasteiger partial charge in [-0.3, -0.25) is 4.79 Å². The number of hydrogen-bond donors (Lipinski definition) is 1. The molecule has 0 aliphatic carbocycles. The van der Waals surface area contributed by atoms with Gasteiger partial charge in [-0.25, -0.2) is 4.39 Å². The van der Waals surface area contributed by atoms with Crippen molar-refractivity contribution in [2.75, 3.05) is 11.9 Å². The molecular formula is C18H18F4N2O2. The number of aromatic nitrogens is 1. The minimum atomic E-state index is -4.81. The highest BCUT2D eigenvalue weighted by atomic mass is 19.4. The summed E-state index contributed by atoms with van der Waals surface area (Å²) < 4.78 is 63.7. The van der Waals surface area contributed by atoms with Crippen molar-refractivity contribution in [3.05, 3.63) is 57.8 Å². The van der Waals surface area contributed by atoms with Gasteiger partial charge < -0.3 is 14.6 Å². The van der Waals surface area contributed by atoms with Crippen molar-refractivity contribution in [3.63, 3.8) is 0 Å². The van der Waals surface area contributed by atoms with Gasteiger partial charge in [0.25, 0.3) is 5.56 Å². The van der Waals surface area contributed by atoms with Crippen LogP contribution in [0.3, 0.4) is 0 Å². The van der Waals surface area contributed by atoms with Gasteiger partial charge in [-0.1, -0.05) is 0 Å². The van der Waals surface area contributed by atoms with Crippen LogP contribution in [0.25, 0.3) is 0 Å². The maximum absolute atomic E-state index is 14.4. The fourth-order valence-electron chi connectivity index (χ4n) is 3.20. The van der Waals surface area contributed by atoms with E-state index in [1.807, 2.05) is 0 Å². The molecule has 1 N–H and O–H groups in total. The molecule has 0 amide bonds. The number of fused-ring (bicyclic) bond motifs is 2. The number of anilines is 2. The molecule has 0 saturated carbocycles. The van der Waals surface area contributed by atoms with Crippen molar-refractivity contribution < 1.29 is 22.3 Å². The van der Waals surface area contributed by atoms with Crippen LogP contribution in [0.2, 0.25) is 0 Å². The zero-order valence-electron chi connectivity index (χ0n) is 14.4. The van der Waals surface area contributed by atoms with Crippen molar-refractivity contribution in [1.82, 2.24) is 4.57 Å². The van der Waals surface area contributed by atoms with Gasteiger partial charge in [-0.05, 0) is 38.1 Å². The lowest BCUT2D eigenvalue weighted by atomic mass is 9.71. The third kappa shape index (κ3) is 2.68. The van der Waals surface area contributed by atoms with E-state index in [-0.39, 0.29) is 22.5 Å². The average molecular weight is 370 g/mol. The molecule has 1 aromatic heterocycles. The van der Waals surface area contributed by atoms with Gasteiger partial charge in [0.15, 0.2) is 0 Å². The third-order valence-corrected chi connectivity index (χ3v) is 4.55. The molecule has 1 aliphatic rings. The highest BCUT2D eigenvalue weighted by molar-refractivity contribution is 5.76. The molecule has 2 aromatic rings. The van der Waals surface area contributed by atoms with Crippen molar-refractivity contribution >= 4 is 11.4 Å². The molecule has 1 aromatic carbocycles. The fourth-order valence-corrected chi connectivity index (χ4v) is 3.20. The topological polar surface area (TPSA) is 43.3 Å². The highest BCUT2D eigenvalue weighted by Crippen LogP contribution is 2.53. The monoisotopic (exact) mass is 370 g/mol. The normalized spacial score (nSPS) is 19.1. The molecule has 26 heavy (non-hydrogen) atoms. The average Bonchev–Trinajstić information content (AvgIpc) is 2.54. The first-order chi connectivity index (χ1) is 12.1. The molecule has 1 atom stereocenters. The maximum Gasteiger partial charge on any atom is 0.404 e. The lowest BCUT2D eigenvalue weighted by Crippen LogP contribution is -2.51. The number of halogens is 4. The first-order valence-electron chi connectivity index (χ1n) is 8.03. The van der Waals surface area contributed by atoms with Crippen LogP contribution in [0.1, 0.15) is 25.0 Å². The lowest BCUT2D eigenvalue weighted by Gasteiger charge is -2.42. The van der Waals surface area contributed by atoms with Gasteiger partial charge in [0.1, 0.15) is 16.9 Å². The van der Waals surface area contributed by atoms with E-state index in [1.165, 1.54) is 29.9 Å². The molecule has 140 valence electrons. The minimum absolute atomic E-state index is 0.0341. The number of hydrogen-bond acceptors (Lipinski definition) is 3. The van der Waals surface area contributed by atoms with Crippen LogP contribution in [0.5, 0.6) is 0 Å². The lowest BCUT2D eigenvalue weighted by molar-refractivity contribution is -0.195. The summed E-state index contributed by atoms with van der Waals surface area (Å²) in [5.74, 6) is -0.795. The Morgan fingerprint density at radius 3 is 2.54 bits per heavy atom. The molecule has 2 heterocycles. The molecule has 3 rings (SSSR count). The predicted molar refractivity (Wildman–Crippen MR) is 89.3 cm³/mol. The summed E-state index contributed by atoms with van der Waals surface area (Å²) in [6, 6.07) is 4.33. The summed E-state index contributed by atoms with van der Waals surface area (Å²) in [5, 5.41) is 2.74. The van der Waals surface area contributed by atoms with E-state index in [0.29, 0.717) is 0 Å². The number of aryl methyl sites for hydroxylation is 1. The Bertz CT molecular complexity index is 905. The molecule has 1 unspecified atom stereocenters. The van der Waals surface area contributed by atoms with Crippen LogP contribution in [-0.2, 0) is 17.2 Å². The Kier molecular flexibility index (Phi) is 4.34. The molecule has 0 radical (unpaired) electrons. The Morgan fingerprint density at radius 1 is 1.23 bits per heavy atom. The van der Waals surface area contributed by atoms with E-state index >= 15 is 0 Å². The molecular weight excluding hydrogens is 352 g/mol. The van der Waals surface area contributed by atoms with E-state index in [4.69, 9.17) is 4.74 Å². The molecule has 0 saturated heterocycles. The Hall–Kier alpha value is -2.35. The summed E-state index contributed by atoms with van der Waals surface area (Å²) in [4.78, 5) is 12.5. The fraction of sp³-hybridized carbons (Fsp3) is 0.389. The zero-order chi connectivity index (χ0) is 19.3. The van der Waals surface area contributed by atoms with Gasteiger partial charge >= 0.3 is 6.18 Å². The summed E-state index contributed by atoms with van der Waals surface area (Å²) in [6.07, 6.45) is -4.02. The van der Waals surface area contributed by atoms with Gasteiger partial charge in [0.2, 0.25) is 0 Å². The summed E-state index contributed by atoms with van der Waals surface area (Å²) >= 11 is 0. The van der Waals surface area contributed by atoms with Gasteiger partial charge in [0, 0.05) is 30.1 Å². The van der Waals surface area contributed by atoms with E-state index in [0.717, 1.165) is 12.1 Å². The first-order valence-corrected chi connectivity index (χ1v) is 8.03. The third-order valence-electron chi connectivity index (χ3n) is 4.55. The minimum Gasteiger partial charge on any atom is -0.377 e. The van der Waals surface area contributed by atoms with E-state index in [2.05, 4.69) is 5.32 Å². The molecule has 4 nitrogen and oxygen atoms in total.